The third-order valence-electron chi connectivity index (χ3n) is 2.45. The summed E-state index contributed by atoms with van der Waals surface area (Å²) in [5, 5.41) is 8.76. The van der Waals surface area contributed by atoms with Gasteiger partial charge in [-0.25, -0.2) is 0 Å². The van der Waals surface area contributed by atoms with Gasteiger partial charge in [0, 0.05) is 0 Å². The van der Waals surface area contributed by atoms with E-state index in [1.54, 1.807) is 21.0 Å². The van der Waals surface area contributed by atoms with E-state index in [0.29, 0.717) is 5.75 Å². The Morgan fingerprint density at radius 3 is 1.76 bits per heavy atom. The topological polar surface area (TPSA) is 20.2 Å². The Balaban J connectivity index is 0.000000302. The summed E-state index contributed by atoms with van der Waals surface area (Å²) in [6.07, 6.45) is 5.84. The summed E-state index contributed by atoms with van der Waals surface area (Å²) in [6.45, 7) is 6.57. The van der Waals surface area contributed by atoms with E-state index >= 15 is 0 Å². The van der Waals surface area contributed by atoms with Crippen molar-refractivity contribution in [3.8, 4) is 5.75 Å². The molecule has 1 N–H and O–H groups in total. The van der Waals surface area contributed by atoms with Crippen molar-refractivity contribution in [2.24, 2.45) is 0 Å². The summed E-state index contributed by atoms with van der Waals surface area (Å²) in [6, 6.07) is 7.09. The monoisotopic (exact) mass is 342 g/mol. The summed E-state index contributed by atoms with van der Waals surface area (Å²) in [5.74, 6) is 0.329. The quantitative estimate of drug-likeness (QED) is 0.581. The van der Waals surface area contributed by atoms with Crippen LogP contribution < -0.4 is 0 Å². The van der Waals surface area contributed by atoms with Crippen molar-refractivity contribution in [1.29, 1.82) is 0 Å². The van der Waals surface area contributed by atoms with E-state index in [2.05, 4.69) is 13.8 Å². The third kappa shape index (κ3) is 12.1. The van der Waals surface area contributed by atoms with Gasteiger partial charge in [0.2, 0.25) is 0 Å². The Bertz CT molecular complexity index is 229. The molecule has 0 bridgehead atoms. The number of phenols is 1. The number of phenolic OH excluding ortho intramolecular Hbond substituents is 1. The molecule has 17 heavy (non-hydrogen) atoms. The van der Waals surface area contributed by atoms with Crippen LogP contribution in [0.25, 0.3) is 0 Å². The van der Waals surface area contributed by atoms with Crippen molar-refractivity contribution in [3.63, 3.8) is 0 Å². The van der Waals surface area contributed by atoms with Crippen LogP contribution >= 0.6 is 0 Å². The molecule has 0 heterocycles. The maximum absolute atomic E-state index is 8.76. The standard InChI is InChI=1S/C7H8O.2C4H9.Sn/c1-6-2-4-7(8)5-3-6;2*1-3-4-2;/h2-5,8H,1H3;2*1,3-4H2,2H3;/q;;;+2. The summed E-state index contributed by atoms with van der Waals surface area (Å²) in [4.78, 5) is 0. The van der Waals surface area contributed by atoms with Crippen molar-refractivity contribution in [3.05, 3.63) is 29.8 Å². The van der Waals surface area contributed by atoms with Crippen LogP contribution in [-0.4, -0.2) is 26.2 Å². The molecule has 1 aromatic carbocycles. The van der Waals surface area contributed by atoms with Gasteiger partial charge >= 0.3 is 69.5 Å². The second kappa shape index (κ2) is 12.3. The smallest absolute Gasteiger partial charge is 0.115 e. The summed E-state index contributed by atoms with van der Waals surface area (Å²) >= 11 is 0.149. The average molecular weight is 341 g/mol. The molecule has 0 saturated carbocycles. The van der Waals surface area contributed by atoms with Gasteiger partial charge in [-0.15, -0.1) is 0 Å². The summed E-state index contributed by atoms with van der Waals surface area (Å²) < 4.78 is 3.25. The van der Waals surface area contributed by atoms with E-state index in [-0.39, 0.29) is 21.1 Å². The molecule has 0 aliphatic carbocycles. The van der Waals surface area contributed by atoms with E-state index in [1.807, 2.05) is 19.1 Å². The predicted octanol–water partition coefficient (Wildman–Crippen LogP) is 4.83. The SMILES string of the molecule is CCC[CH2][Sn+2][CH2]CCC.Cc1ccc(O)cc1. The molecule has 0 amide bonds. The molecule has 0 radical (unpaired) electrons. The molecule has 0 unspecified atom stereocenters. The van der Waals surface area contributed by atoms with E-state index in [0.717, 1.165) is 0 Å². The largest absolute Gasteiger partial charge is 0.508 e. The number of unbranched alkanes of at least 4 members (excludes halogenated alkanes) is 2. The molecule has 1 nitrogen and oxygen atoms in total. The molecule has 0 aliphatic rings. The minimum Gasteiger partial charge on any atom is -0.508 e. The van der Waals surface area contributed by atoms with Crippen molar-refractivity contribution < 1.29 is 5.11 Å². The van der Waals surface area contributed by atoms with E-state index in [4.69, 9.17) is 5.11 Å². The second-order valence-corrected chi connectivity index (χ2v) is 8.57. The molecule has 2 heteroatoms. The van der Waals surface area contributed by atoms with Gasteiger partial charge in [0.1, 0.15) is 5.75 Å². The van der Waals surface area contributed by atoms with Gasteiger partial charge in [-0.3, -0.25) is 0 Å². The van der Waals surface area contributed by atoms with Gasteiger partial charge in [-0.1, -0.05) is 17.7 Å². The van der Waals surface area contributed by atoms with Gasteiger partial charge in [0.15, 0.2) is 0 Å². The van der Waals surface area contributed by atoms with Crippen LogP contribution in [0.2, 0.25) is 8.87 Å². The van der Waals surface area contributed by atoms with Crippen molar-refractivity contribution in [1.82, 2.24) is 0 Å². The Kier molecular flexibility index (Phi) is 12.1. The predicted molar refractivity (Wildman–Crippen MR) is 78.0 cm³/mol. The van der Waals surface area contributed by atoms with E-state index in [9.17, 15) is 0 Å². The zero-order valence-corrected chi connectivity index (χ0v) is 14.4. The molecule has 0 aromatic heterocycles. The van der Waals surface area contributed by atoms with E-state index < -0.39 is 0 Å². The van der Waals surface area contributed by atoms with Crippen molar-refractivity contribution >= 4 is 21.1 Å². The molecule has 0 spiro atoms. The minimum absolute atomic E-state index is 0.149. The zero-order valence-electron chi connectivity index (χ0n) is 11.5. The molecule has 0 aliphatic heterocycles. The van der Waals surface area contributed by atoms with Gasteiger partial charge in [0.25, 0.3) is 0 Å². The van der Waals surface area contributed by atoms with Gasteiger partial charge in [-0.2, -0.15) is 0 Å². The molecule has 0 atom stereocenters. The molecule has 1 aromatic rings. The second-order valence-electron chi connectivity index (χ2n) is 4.29. The first kappa shape index (κ1) is 16.8. The Morgan fingerprint density at radius 2 is 1.41 bits per heavy atom. The van der Waals surface area contributed by atoms with Crippen LogP contribution in [0.5, 0.6) is 5.75 Å². The Labute approximate surface area is 117 Å². The number of aryl methyl sites for hydroxylation is 1. The number of hydrogen-bond donors (Lipinski definition) is 1. The Morgan fingerprint density at radius 1 is 0.941 bits per heavy atom. The molecular weight excluding hydrogens is 315 g/mol. The maximum Gasteiger partial charge on any atom is 0.115 e. The van der Waals surface area contributed by atoms with Gasteiger partial charge in [-0.05, 0) is 19.1 Å². The van der Waals surface area contributed by atoms with E-state index in [1.165, 1.54) is 31.2 Å². The maximum atomic E-state index is 8.76. The number of aromatic hydroxyl groups is 1. The molecule has 1 rings (SSSR count). The molecular formula is C15H26OSn+2. The van der Waals surface area contributed by atoms with Crippen LogP contribution in [0.3, 0.4) is 0 Å². The fourth-order valence-electron chi connectivity index (χ4n) is 1.27. The van der Waals surface area contributed by atoms with Crippen molar-refractivity contribution in [2.45, 2.75) is 55.3 Å². The first-order valence-electron chi connectivity index (χ1n) is 6.67. The molecule has 0 saturated heterocycles. The first-order chi connectivity index (χ1) is 8.20. The fourth-order valence-corrected chi connectivity index (χ4v) is 5.43. The van der Waals surface area contributed by atoms with Crippen LogP contribution in [-0.2, 0) is 0 Å². The normalized spacial score (nSPS) is 9.12. The van der Waals surface area contributed by atoms with Gasteiger partial charge in [0.05, 0.1) is 0 Å². The fraction of sp³-hybridized carbons (Fsp3) is 0.600. The van der Waals surface area contributed by atoms with Crippen LogP contribution in [0, 0.1) is 6.92 Å². The average Bonchev–Trinajstić information content (AvgIpc) is 2.34. The summed E-state index contributed by atoms with van der Waals surface area (Å²) in [7, 11) is 0. The van der Waals surface area contributed by atoms with Gasteiger partial charge < -0.3 is 5.11 Å². The Hall–Kier alpha value is -0.181. The molecule has 0 fully saturated rings. The number of rotatable bonds is 6. The van der Waals surface area contributed by atoms with Crippen LogP contribution in [0.4, 0.5) is 0 Å². The van der Waals surface area contributed by atoms with Crippen LogP contribution in [0.15, 0.2) is 24.3 Å². The number of hydrogen-bond acceptors (Lipinski definition) is 1. The van der Waals surface area contributed by atoms with Crippen molar-refractivity contribution in [2.75, 3.05) is 0 Å². The number of benzene rings is 1. The third-order valence-corrected chi connectivity index (χ3v) is 6.48. The van der Waals surface area contributed by atoms with Crippen LogP contribution in [0.1, 0.15) is 45.1 Å². The summed E-state index contributed by atoms with van der Waals surface area (Å²) in [5.41, 5.74) is 1.17. The molecule has 94 valence electrons. The first-order valence-corrected chi connectivity index (χ1v) is 10.7. The minimum atomic E-state index is 0.149. The zero-order chi connectivity index (χ0) is 12.9.